The number of aryl methyl sites for hydroxylation is 1. The molecule has 0 amide bonds. The van der Waals surface area contributed by atoms with Crippen LogP contribution in [0.3, 0.4) is 0 Å². The Kier molecular flexibility index (Phi) is 22.5. The quantitative estimate of drug-likeness (QED) is 0.415. The molecule has 0 bridgehead atoms. The van der Waals surface area contributed by atoms with Gasteiger partial charge in [-0.25, -0.2) is 0 Å². The third kappa shape index (κ3) is 16.2. The summed E-state index contributed by atoms with van der Waals surface area (Å²) in [6.45, 7) is 18.8. The van der Waals surface area contributed by atoms with Gasteiger partial charge in [0.15, 0.2) is 0 Å². The van der Waals surface area contributed by atoms with Crippen molar-refractivity contribution in [3.63, 3.8) is 0 Å². The van der Waals surface area contributed by atoms with Crippen molar-refractivity contribution >= 4 is 0 Å². The van der Waals surface area contributed by atoms with Gasteiger partial charge in [-0.15, -0.1) is 0 Å². The molecule has 0 saturated carbocycles. The number of unbranched alkanes of at least 4 members (excludes halogenated alkanes) is 1. The molecule has 0 aliphatic heterocycles. The Morgan fingerprint density at radius 2 is 1.10 bits per heavy atom. The van der Waals surface area contributed by atoms with Gasteiger partial charge in [-0.2, -0.15) is 0 Å². The van der Waals surface area contributed by atoms with Crippen molar-refractivity contribution in [1.29, 1.82) is 0 Å². The van der Waals surface area contributed by atoms with Crippen LogP contribution in [0.1, 0.15) is 78.0 Å². The Hall–Kier alpha value is -1.64. The molecular weight excluding hydrogens is 364 g/mol. The zero-order valence-electron chi connectivity index (χ0n) is 21.5. The van der Waals surface area contributed by atoms with Crippen LogP contribution in [0.25, 0.3) is 0 Å². The van der Waals surface area contributed by atoms with Crippen molar-refractivity contribution in [1.82, 2.24) is 9.80 Å². The molecule has 30 heavy (non-hydrogen) atoms. The Bertz CT molecular complexity index is 576. The normalized spacial score (nSPS) is 9.70. The Balaban J connectivity index is 0. The molecule has 0 saturated heterocycles. The maximum Gasteiger partial charge on any atom is 0.0237 e. The standard InChI is InChI=1S/C20H28N2.C4H10.2C2H6/c1-4-18-11-8-12-20(15-18)17-22(14-13-21(2)3)16-19-9-6-5-7-10-19;1-3-4-2;2*1-2/h5-12,15H,4,13-14,16-17H2,1-3H3;3-4H2,1-2H3;2*1-2H3. The minimum atomic E-state index is 1.00. The van der Waals surface area contributed by atoms with Crippen LogP contribution in [0.5, 0.6) is 0 Å². The van der Waals surface area contributed by atoms with Gasteiger partial charge in [-0.3, -0.25) is 4.90 Å². The summed E-state index contributed by atoms with van der Waals surface area (Å²) in [5, 5.41) is 0. The number of rotatable bonds is 9. The largest absolute Gasteiger partial charge is 0.308 e. The van der Waals surface area contributed by atoms with Crippen molar-refractivity contribution in [2.24, 2.45) is 0 Å². The summed E-state index contributed by atoms with van der Waals surface area (Å²) in [5.74, 6) is 0. The molecule has 2 rings (SSSR count). The van der Waals surface area contributed by atoms with Crippen molar-refractivity contribution in [2.75, 3.05) is 27.2 Å². The van der Waals surface area contributed by atoms with Crippen LogP contribution in [-0.2, 0) is 19.5 Å². The zero-order valence-corrected chi connectivity index (χ0v) is 21.5. The first-order valence-corrected chi connectivity index (χ1v) is 12.1. The predicted molar refractivity (Wildman–Crippen MR) is 138 cm³/mol. The predicted octanol–water partition coefficient (Wildman–Crippen LogP) is 7.67. The zero-order chi connectivity index (χ0) is 23.2. The van der Waals surface area contributed by atoms with Gasteiger partial charge in [0.05, 0.1) is 0 Å². The molecule has 0 fully saturated rings. The Morgan fingerprint density at radius 3 is 1.60 bits per heavy atom. The number of hydrogen-bond donors (Lipinski definition) is 0. The van der Waals surface area contributed by atoms with Gasteiger partial charge in [0.25, 0.3) is 0 Å². The third-order valence-corrected chi connectivity index (χ3v) is 4.42. The van der Waals surface area contributed by atoms with E-state index in [9.17, 15) is 0 Å². The van der Waals surface area contributed by atoms with E-state index in [-0.39, 0.29) is 0 Å². The monoisotopic (exact) mass is 414 g/mol. The van der Waals surface area contributed by atoms with Gasteiger partial charge in [0.1, 0.15) is 0 Å². The van der Waals surface area contributed by atoms with Gasteiger partial charge < -0.3 is 4.90 Å². The van der Waals surface area contributed by atoms with E-state index in [1.165, 1.54) is 29.5 Å². The van der Waals surface area contributed by atoms with Gasteiger partial charge in [0, 0.05) is 26.2 Å². The average molecular weight is 415 g/mol. The highest BCUT2D eigenvalue weighted by molar-refractivity contribution is 5.23. The maximum atomic E-state index is 2.53. The SMILES string of the molecule is CC.CC.CCCC.CCc1cccc(CN(CCN(C)C)Cc2ccccc2)c1. The Morgan fingerprint density at radius 1 is 0.600 bits per heavy atom. The van der Waals surface area contributed by atoms with E-state index >= 15 is 0 Å². The van der Waals surface area contributed by atoms with Crippen molar-refractivity contribution in [3.8, 4) is 0 Å². The number of benzene rings is 2. The lowest BCUT2D eigenvalue weighted by molar-refractivity contribution is 0.226. The first-order chi connectivity index (χ1) is 14.6. The summed E-state index contributed by atoms with van der Waals surface area (Å²) in [5.41, 5.74) is 4.21. The fourth-order valence-electron chi connectivity index (χ4n) is 2.60. The number of hydrogen-bond acceptors (Lipinski definition) is 2. The second-order valence-corrected chi connectivity index (χ2v) is 7.17. The molecule has 0 atom stereocenters. The molecule has 2 aromatic rings. The van der Waals surface area contributed by atoms with E-state index in [0.717, 1.165) is 32.6 Å². The minimum Gasteiger partial charge on any atom is -0.308 e. The first-order valence-electron chi connectivity index (χ1n) is 12.1. The lowest BCUT2D eigenvalue weighted by Crippen LogP contribution is -2.31. The summed E-state index contributed by atoms with van der Waals surface area (Å²) < 4.78 is 0. The molecule has 0 radical (unpaired) electrons. The fraction of sp³-hybridized carbons (Fsp3) is 0.571. The van der Waals surface area contributed by atoms with Gasteiger partial charge in [-0.1, -0.05) is 116 Å². The van der Waals surface area contributed by atoms with Crippen molar-refractivity contribution < 1.29 is 0 Å². The molecule has 0 aliphatic rings. The smallest absolute Gasteiger partial charge is 0.0237 e. The molecular formula is C28H50N2. The van der Waals surface area contributed by atoms with E-state index in [1.807, 2.05) is 27.7 Å². The average Bonchev–Trinajstić information content (AvgIpc) is 2.81. The minimum absolute atomic E-state index is 1.00. The molecule has 0 heterocycles. The topological polar surface area (TPSA) is 6.48 Å². The highest BCUT2D eigenvalue weighted by atomic mass is 15.2. The summed E-state index contributed by atoms with van der Waals surface area (Å²) in [6, 6.07) is 19.7. The molecule has 0 N–H and O–H groups in total. The van der Waals surface area contributed by atoms with Crippen LogP contribution >= 0.6 is 0 Å². The summed E-state index contributed by atoms with van der Waals surface area (Å²) in [6.07, 6.45) is 3.74. The van der Waals surface area contributed by atoms with E-state index in [2.05, 4.69) is 99.3 Å². The van der Waals surface area contributed by atoms with E-state index < -0.39 is 0 Å². The second-order valence-electron chi connectivity index (χ2n) is 7.17. The van der Waals surface area contributed by atoms with E-state index in [0.29, 0.717) is 0 Å². The lowest BCUT2D eigenvalue weighted by Gasteiger charge is -2.24. The van der Waals surface area contributed by atoms with Crippen LogP contribution in [0.15, 0.2) is 54.6 Å². The summed E-state index contributed by atoms with van der Waals surface area (Å²) in [4.78, 5) is 4.78. The maximum absolute atomic E-state index is 2.53. The van der Waals surface area contributed by atoms with Gasteiger partial charge in [0.2, 0.25) is 0 Å². The van der Waals surface area contributed by atoms with Crippen molar-refractivity contribution in [3.05, 3.63) is 71.3 Å². The molecule has 0 unspecified atom stereocenters. The van der Waals surface area contributed by atoms with Crippen LogP contribution in [0.2, 0.25) is 0 Å². The third-order valence-electron chi connectivity index (χ3n) is 4.42. The summed E-state index contributed by atoms with van der Waals surface area (Å²) in [7, 11) is 4.27. The first kappa shape index (κ1) is 30.6. The van der Waals surface area contributed by atoms with E-state index in [4.69, 9.17) is 0 Å². The van der Waals surface area contributed by atoms with Crippen LogP contribution in [0.4, 0.5) is 0 Å². The molecule has 0 aromatic heterocycles. The molecule has 0 spiro atoms. The van der Waals surface area contributed by atoms with Gasteiger partial charge in [-0.05, 0) is 37.2 Å². The molecule has 0 aliphatic carbocycles. The molecule has 2 nitrogen and oxygen atoms in total. The van der Waals surface area contributed by atoms with Gasteiger partial charge >= 0.3 is 0 Å². The fourth-order valence-corrected chi connectivity index (χ4v) is 2.60. The highest BCUT2D eigenvalue weighted by Crippen LogP contribution is 2.12. The lowest BCUT2D eigenvalue weighted by atomic mass is 10.1. The number of likely N-dealkylation sites (N-methyl/N-ethyl adjacent to an activating group) is 1. The molecule has 2 aromatic carbocycles. The van der Waals surface area contributed by atoms with Crippen LogP contribution in [0, 0.1) is 0 Å². The van der Waals surface area contributed by atoms with Crippen molar-refractivity contribution in [2.45, 2.75) is 80.8 Å². The molecule has 172 valence electrons. The second kappa shape index (κ2) is 22.1. The van der Waals surface area contributed by atoms with Crippen LogP contribution < -0.4 is 0 Å². The molecule has 2 heteroatoms. The van der Waals surface area contributed by atoms with Crippen LogP contribution in [-0.4, -0.2) is 37.0 Å². The number of nitrogens with zero attached hydrogens (tertiary/aromatic N) is 2. The highest BCUT2D eigenvalue weighted by Gasteiger charge is 2.08. The Labute approximate surface area is 189 Å². The summed E-state index contributed by atoms with van der Waals surface area (Å²) >= 11 is 0. The van der Waals surface area contributed by atoms with E-state index in [1.54, 1.807) is 0 Å².